The van der Waals surface area contributed by atoms with Crippen LogP contribution in [0.1, 0.15) is 24.9 Å². The molecule has 0 fully saturated rings. The van der Waals surface area contributed by atoms with Crippen molar-refractivity contribution in [2.24, 2.45) is 0 Å². The maximum Gasteiger partial charge on any atom is 0.147 e. The summed E-state index contributed by atoms with van der Waals surface area (Å²) >= 11 is 5.70. The summed E-state index contributed by atoms with van der Waals surface area (Å²) in [5, 5.41) is 3.27. The first-order valence-corrected chi connectivity index (χ1v) is 8.09. The molecule has 0 amide bonds. The molecule has 0 saturated heterocycles. The van der Waals surface area contributed by atoms with Gasteiger partial charge in [-0.25, -0.2) is 12.8 Å². The first kappa shape index (κ1) is 15.4. The number of benzene rings is 1. The fraction of sp³-hybridized carbons (Fsp3) is 0.500. The maximum absolute atomic E-state index is 13.0. The molecule has 0 aromatic heterocycles. The highest BCUT2D eigenvalue weighted by Gasteiger charge is 2.08. The normalized spacial score (nSPS) is 13.6. The van der Waals surface area contributed by atoms with E-state index in [0.29, 0.717) is 13.0 Å². The van der Waals surface area contributed by atoms with Crippen molar-refractivity contribution in [1.82, 2.24) is 5.32 Å². The maximum atomic E-state index is 13.0. The zero-order valence-corrected chi connectivity index (χ0v) is 12.0. The second kappa shape index (κ2) is 6.50. The molecule has 0 aliphatic heterocycles. The van der Waals surface area contributed by atoms with Crippen molar-refractivity contribution in [3.63, 3.8) is 0 Å². The molecule has 1 aromatic rings. The Kier molecular flexibility index (Phi) is 5.56. The summed E-state index contributed by atoms with van der Waals surface area (Å²) in [6.07, 6.45) is 1.77. The quantitative estimate of drug-likeness (QED) is 0.820. The van der Waals surface area contributed by atoms with Crippen molar-refractivity contribution in [2.45, 2.75) is 19.4 Å². The monoisotopic (exact) mass is 293 g/mol. The van der Waals surface area contributed by atoms with Crippen LogP contribution in [0.4, 0.5) is 4.39 Å². The topological polar surface area (TPSA) is 46.2 Å². The van der Waals surface area contributed by atoms with Crippen LogP contribution in [-0.2, 0) is 9.84 Å². The van der Waals surface area contributed by atoms with E-state index in [9.17, 15) is 12.8 Å². The van der Waals surface area contributed by atoms with Crippen LogP contribution >= 0.6 is 11.6 Å². The highest BCUT2D eigenvalue weighted by molar-refractivity contribution is 7.90. The van der Waals surface area contributed by atoms with E-state index in [-0.39, 0.29) is 16.8 Å². The lowest BCUT2D eigenvalue weighted by Crippen LogP contribution is -2.21. The van der Waals surface area contributed by atoms with Gasteiger partial charge in [0.2, 0.25) is 0 Å². The number of rotatable bonds is 6. The molecule has 0 bridgehead atoms. The Balaban J connectivity index is 2.45. The molecule has 1 atom stereocenters. The van der Waals surface area contributed by atoms with E-state index in [4.69, 9.17) is 11.6 Å². The summed E-state index contributed by atoms with van der Waals surface area (Å²) in [6.45, 7) is 2.51. The number of hydrogen-bond acceptors (Lipinski definition) is 3. The van der Waals surface area contributed by atoms with E-state index in [0.717, 1.165) is 5.56 Å². The third-order valence-corrected chi connectivity index (χ3v) is 3.91. The number of hydrogen-bond donors (Lipinski definition) is 1. The average Bonchev–Trinajstić information content (AvgIpc) is 2.26. The van der Waals surface area contributed by atoms with Crippen molar-refractivity contribution in [2.75, 3.05) is 18.6 Å². The third-order valence-electron chi connectivity index (χ3n) is 2.59. The fourth-order valence-electron chi connectivity index (χ4n) is 1.55. The first-order valence-electron chi connectivity index (χ1n) is 5.65. The van der Waals surface area contributed by atoms with Crippen molar-refractivity contribution >= 4 is 21.4 Å². The SMILES string of the molecule is CC(NCCCS(C)(=O)=O)c1ccc(F)c(Cl)c1. The number of sulfone groups is 1. The Morgan fingerprint density at radius 1 is 1.44 bits per heavy atom. The summed E-state index contributed by atoms with van der Waals surface area (Å²) in [7, 11) is -2.91. The van der Waals surface area contributed by atoms with Gasteiger partial charge in [0.15, 0.2) is 0 Å². The van der Waals surface area contributed by atoms with E-state index >= 15 is 0 Å². The lowest BCUT2D eigenvalue weighted by Gasteiger charge is -2.14. The van der Waals surface area contributed by atoms with Crippen LogP contribution in [0.25, 0.3) is 0 Å². The van der Waals surface area contributed by atoms with Crippen LogP contribution in [0.15, 0.2) is 18.2 Å². The molecule has 0 spiro atoms. The molecular formula is C12H17ClFNO2S. The van der Waals surface area contributed by atoms with Crippen molar-refractivity contribution in [1.29, 1.82) is 0 Å². The molecule has 3 nitrogen and oxygen atoms in total. The van der Waals surface area contributed by atoms with Gasteiger partial charge in [0, 0.05) is 12.3 Å². The Morgan fingerprint density at radius 3 is 2.67 bits per heavy atom. The molecule has 6 heteroatoms. The Hall–Kier alpha value is -0.650. The standard InChI is InChI=1S/C12H17ClFNO2S/c1-9(15-6-3-7-18(2,16)17)10-4-5-12(14)11(13)8-10/h4-5,8-9,15H,3,6-7H2,1-2H3. The minimum atomic E-state index is -2.91. The van der Waals surface area contributed by atoms with Gasteiger partial charge in [0.1, 0.15) is 15.7 Å². The molecule has 1 rings (SSSR count). The summed E-state index contributed by atoms with van der Waals surface area (Å²) < 4.78 is 34.9. The molecule has 18 heavy (non-hydrogen) atoms. The van der Waals surface area contributed by atoms with Crippen molar-refractivity contribution in [3.05, 3.63) is 34.6 Å². The molecule has 0 aliphatic rings. The van der Waals surface area contributed by atoms with Crippen LogP contribution in [0.5, 0.6) is 0 Å². The first-order chi connectivity index (χ1) is 8.29. The van der Waals surface area contributed by atoms with Crippen LogP contribution in [0, 0.1) is 5.82 Å². The molecule has 102 valence electrons. The van der Waals surface area contributed by atoms with Gasteiger partial charge in [0.05, 0.1) is 10.8 Å². The number of halogens is 2. The van der Waals surface area contributed by atoms with E-state index < -0.39 is 15.7 Å². The molecular weight excluding hydrogens is 277 g/mol. The van der Waals surface area contributed by atoms with E-state index in [1.54, 1.807) is 12.1 Å². The van der Waals surface area contributed by atoms with Crippen LogP contribution in [-0.4, -0.2) is 27.0 Å². The zero-order chi connectivity index (χ0) is 13.8. The van der Waals surface area contributed by atoms with Crippen molar-refractivity contribution in [3.8, 4) is 0 Å². The van der Waals surface area contributed by atoms with Gasteiger partial charge >= 0.3 is 0 Å². The van der Waals surface area contributed by atoms with Gasteiger partial charge in [-0.15, -0.1) is 0 Å². The minimum Gasteiger partial charge on any atom is -0.310 e. The smallest absolute Gasteiger partial charge is 0.147 e. The lowest BCUT2D eigenvalue weighted by molar-refractivity contribution is 0.560. The number of nitrogens with one attached hydrogen (secondary N) is 1. The Bertz CT molecular complexity index is 505. The van der Waals surface area contributed by atoms with E-state index in [2.05, 4.69) is 5.32 Å². The molecule has 1 unspecified atom stereocenters. The molecule has 1 aromatic carbocycles. The minimum absolute atomic E-state index is 0.00246. The van der Waals surface area contributed by atoms with Crippen LogP contribution in [0.2, 0.25) is 5.02 Å². The molecule has 0 saturated carbocycles. The van der Waals surface area contributed by atoms with Crippen LogP contribution < -0.4 is 5.32 Å². The Morgan fingerprint density at radius 2 is 2.11 bits per heavy atom. The fourth-order valence-corrected chi connectivity index (χ4v) is 2.41. The third kappa shape index (κ3) is 5.33. The van der Waals surface area contributed by atoms with Gasteiger partial charge in [-0.3, -0.25) is 0 Å². The molecule has 0 radical (unpaired) electrons. The predicted molar refractivity (Wildman–Crippen MR) is 72.2 cm³/mol. The van der Waals surface area contributed by atoms with Gasteiger partial charge in [0.25, 0.3) is 0 Å². The summed E-state index contributed by atoms with van der Waals surface area (Å²) in [6, 6.07) is 4.56. The summed E-state index contributed by atoms with van der Waals surface area (Å²) in [5.41, 5.74) is 0.876. The average molecular weight is 294 g/mol. The zero-order valence-electron chi connectivity index (χ0n) is 10.4. The molecule has 0 heterocycles. The Labute approximate surface area is 112 Å². The summed E-state index contributed by atoms with van der Waals surface area (Å²) in [5.74, 6) is -0.277. The second-order valence-electron chi connectivity index (χ2n) is 4.33. The van der Waals surface area contributed by atoms with Gasteiger partial charge < -0.3 is 5.32 Å². The van der Waals surface area contributed by atoms with Gasteiger partial charge in [-0.05, 0) is 37.6 Å². The highest BCUT2D eigenvalue weighted by atomic mass is 35.5. The molecule has 1 N–H and O–H groups in total. The largest absolute Gasteiger partial charge is 0.310 e. The second-order valence-corrected chi connectivity index (χ2v) is 7.00. The van der Waals surface area contributed by atoms with Gasteiger partial charge in [-0.1, -0.05) is 17.7 Å². The van der Waals surface area contributed by atoms with Crippen molar-refractivity contribution < 1.29 is 12.8 Å². The van der Waals surface area contributed by atoms with Gasteiger partial charge in [-0.2, -0.15) is 0 Å². The predicted octanol–water partition coefficient (Wildman–Crippen LogP) is 2.56. The van der Waals surface area contributed by atoms with E-state index in [1.807, 2.05) is 6.92 Å². The summed E-state index contributed by atoms with van der Waals surface area (Å²) in [4.78, 5) is 0. The molecule has 0 aliphatic carbocycles. The lowest BCUT2D eigenvalue weighted by atomic mass is 10.1. The van der Waals surface area contributed by atoms with E-state index in [1.165, 1.54) is 12.3 Å². The highest BCUT2D eigenvalue weighted by Crippen LogP contribution is 2.20. The van der Waals surface area contributed by atoms with Crippen LogP contribution in [0.3, 0.4) is 0 Å².